The van der Waals surface area contributed by atoms with Crippen LogP contribution in [0.1, 0.15) is 48.0 Å². The molecule has 33 heavy (non-hydrogen) atoms. The molecule has 0 amide bonds. The number of carbonyl (C=O) groups is 1. The number of rotatable bonds is 4. The molecule has 0 aliphatic heterocycles. The topological polar surface area (TPSA) is 85.6 Å². The average molecular weight is 534 g/mol. The Labute approximate surface area is 202 Å². The van der Waals surface area contributed by atoms with E-state index < -0.39 is 15.6 Å². The van der Waals surface area contributed by atoms with E-state index in [0.29, 0.717) is 5.69 Å². The van der Waals surface area contributed by atoms with Crippen molar-refractivity contribution in [3.63, 3.8) is 0 Å². The van der Waals surface area contributed by atoms with Gasteiger partial charge in [-0.25, -0.2) is 4.79 Å². The van der Waals surface area contributed by atoms with Gasteiger partial charge < -0.3 is 9.30 Å². The molecule has 188 valence electrons. The highest BCUT2D eigenvalue weighted by Gasteiger charge is 2.44. The third-order valence-corrected chi connectivity index (χ3v) is 4.81. The molecule has 0 radical (unpaired) electrons. The lowest BCUT2D eigenvalue weighted by Crippen LogP contribution is -2.26. The van der Waals surface area contributed by atoms with Crippen molar-refractivity contribution in [1.82, 2.24) is 4.57 Å². The van der Waals surface area contributed by atoms with Crippen molar-refractivity contribution in [1.29, 1.82) is 0 Å². The first kappa shape index (κ1) is 31.2. The Hall–Kier alpha value is -1.75. The lowest BCUT2D eigenvalue weighted by molar-refractivity contribution is -0.0510. The van der Waals surface area contributed by atoms with Gasteiger partial charge in [-0.05, 0) is 57.2 Å². The second-order valence-corrected chi connectivity index (χ2v) is 9.90. The molecule has 1 N–H and O–H groups in total. The molecule has 0 bridgehead atoms. The third kappa shape index (κ3) is 10.4. The van der Waals surface area contributed by atoms with Crippen LogP contribution in [0.25, 0.3) is 0 Å². The maximum Gasteiger partial charge on any atom is 0.522 e. The lowest BCUT2D eigenvalue weighted by Gasteiger charge is -2.24. The molecule has 2 aromatic rings. The van der Waals surface area contributed by atoms with E-state index in [1.807, 2.05) is 22.8 Å². The summed E-state index contributed by atoms with van der Waals surface area (Å²) in [6.45, 7) is 8.36. The summed E-state index contributed by atoms with van der Waals surface area (Å²) in [4.78, 5) is 12.3. The van der Waals surface area contributed by atoms with E-state index in [9.17, 15) is 18.0 Å². The fourth-order valence-corrected chi connectivity index (χ4v) is 2.75. The summed E-state index contributed by atoms with van der Waals surface area (Å²) in [6.07, 6.45) is 3.82. The van der Waals surface area contributed by atoms with E-state index in [1.165, 1.54) is 12.7 Å². The molecule has 0 unspecified atom stereocenters. The number of aromatic nitrogens is 1. The fraction of sp³-hybridized carbons (Fsp3) is 0.476. The number of aryl methyl sites for hydroxylation is 2. The van der Waals surface area contributed by atoms with Gasteiger partial charge in [0.2, 0.25) is 0 Å². The molecule has 0 saturated carbocycles. The molecular weight excluding hydrogens is 506 g/mol. The zero-order valence-corrected chi connectivity index (χ0v) is 21.2. The molecule has 1 aromatic heterocycles. The molecule has 0 atom stereocenters. The quantitative estimate of drug-likeness (QED) is 0.227. The molecule has 1 heterocycles. The average Bonchev–Trinajstić information content (AvgIpc) is 3.03. The van der Waals surface area contributed by atoms with Crippen molar-refractivity contribution < 1.29 is 35.7 Å². The van der Waals surface area contributed by atoms with Gasteiger partial charge in [0, 0.05) is 11.7 Å². The minimum atomic E-state index is -5.84. The molecule has 0 aliphatic rings. The van der Waals surface area contributed by atoms with Crippen LogP contribution in [-0.2, 0) is 33.2 Å². The van der Waals surface area contributed by atoms with Gasteiger partial charge in [-0.2, -0.15) is 21.6 Å². The number of alkyl halides is 5. The molecule has 0 spiro atoms. The summed E-state index contributed by atoms with van der Waals surface area (Å²) < 4.78 is 64.6. The minimum absolute atomic E-state index is 0.153. The molecule has 1 aromatic carbocycles. The monoisotopic (exact) mass is 533 g/mol. The highest BCUT2D eigenvalue weighted by molar-refractivity contribution is 7.86. The number of benzene rings is 1. The van der Waals surface area contributed by atoms with Crippen LogP contribution in [0.5, 0.6) is 0 Å². The Balaban J connectivity index is 0.000000780. The second kappa shape index (κ2) is 13.2. The van der Waals surface area contributed by atoms with Crippen molar-refractivity contribution in [2.24, 2.45) is 0 Å². The summed E-state index contributed by atoms with van der Waals surface area (Å²) >= 11 is 9.53. The second-order valence-electron chi connectivity index (χ2n) is 7.68. The van der Waals surface area contributed by atoms with E-state index in [0.717, 1.165) is 24.0 Å². The van der Waals surface area contributed by atoms with Gasteiger partial charge in [-0.1, -0.05) is 30.3 Å². The van der Waals surface area contributed by atoms with Crippen molar-refractivity contribution >= 4 is 39.3 Å². The molecule has 6 nitrogen and oxygen atoms in total. The first-order chi connectivity index (χ1) is 15.0. The van der Waals surface area contributed by atoms with Crippen LogP contribution >= 0.6 is 23.2 Å². The van der Waals surface area contributed by atoms with E-state index in [4.69, 9.17) is 40.9 Å². The summed E-state index contributed by atoms with van der Waals surface area (Å²) in [5.41, 5.74) is -1.49. The van der Waals surface area contributed by atoms with Crippen LogP contribution in [0.3, 0.4) is 0 Å². The number of carbonyl (C=O) groups excluding carboxylic acids is 1. The summed E-state index contributed by atoms with van der Waals surface area (Å²) in [6, 6.07) is 10.3. The zero-order chi connectivity index (χ0) is 26.0. The van der Waals surface area contributed by atoms with Crippen molar-refractivity contribution in [3.8, 4) is 0 Å². The summed E-state index contributed by atoms with van der Waals surface area (Å²) in [5, 5.41) is 0.194. The first-order valence-corrected chi connectivity index (χ1v) is 12.0. The van der Waals surface area contributed by atoms with Crippen molar-refractivity contribution in [2.45, 2.75) is 51.6 Å². The highest BCUT2D eigenvalue weighted by Crippen LogP contribution is 2.27. The maximum absolute atomic E-state index is 12.3. The normalized spacial score (nSPS) is 11.6. The Morgan fingerprint density at radius 3 is 1.91 bits per heavy atom. The first-order valence-electron chi connectivity index (χ1n) is 9.50. The molecular formula is C21H28Cl2F3NO5S. The Bertz CT molecular complexity index is 986. The van der Waals surface area contributed by atoms with E-state index in [2.05, 4.69) is 46.0 Å². The van der Waals surface area contributed by atoms with Crippen molar-refractivity contribution in [3.05, 3.63) is 58.9 Å². The number of ether oxygens (including phenoxy) is 1. The predicted molar refractivity (Wildman–Crippen MR) is 124 cm³/mol. The number of nitrogens with zero attached hydrogens (tertiary/aromatic N) is 1. The SMILES string of the molecule is COC(=O)c1c(CCc2ccccc2)c(C)cn1C(C)(C)C.ClCCl.O=S(=O)(O)C(F)(F)F. The van der Waals surface area contributed by atoms with Crippen LogP contribution in [0.15, 0.2) is 36.5 Å². The molecule has 12 heteroatoms. The highest BCUT2D eigenvalue weighted by atomic mass is 35.5. The maximum atomic E-state index is 12.3. The summed E-state index contributed by atoms with van der Waals surface area (Å²) in [5.74, 6) is -0.258. The van der Waals surface area contributed by atoms with Crippen LogP contribution < -0.4 is 0 Å². The fourth-order valence-electron chi connectivity index (χ4n) is 2.75. The number of esters is 1. The van der Waals surface area contributed by atoms with E-state index >= 15 is 0 Å². The number of halogens is 5. The van der Waals surface area contributed by atoms with Gasteiger partial charge in [0.15, 0.2) is 0 Å². The van der Waals surface area contributed by atoms with E-state index in [1.54, 1.807) is 0 Å². The zero-order valence-electron chi connectivity index (χ0n) is 18.9. The van der Waals surface area contributed by atoms with Crippen LogP contribution in [0, 0.1) is 6.92 Å². The molecule has 0 aliphatic carbocycles. The van der Waals surface area contributed by atoms with Gasteiger partial charge in [0.25, 0.3) is 0 Å². The van der Waals surface area contributed by atoms with Gasteiger partial charge in [0.05, 0.1) is 12.4 Å². The summed E-state index contributed by atoms with van der Waals surface area (Å²) in [7, 11) is -4.40. The number of methoxy groups -OCH3 is 1. The molecule has 0 fully saturated rings. The largest absolute Gasteiger partial charge is 0.522 e. The van der Waals surface area contributed by atoms with Crippen LogP contribution in [-0.4, -0.2) is 41.5 Å². The van der Waals surface area contributed by atoms with Crippen LogP contribution in [0.4, 0.5) is 13.2 Å². The van der Waals surface area contributed by atoms with E-state index in [-0.39, 0.29) is 16.8 Å². The van der Waals surface area contributed by atoms with Gasteiger partial charge >= 0.3 is 21.6 Å². The smallest absolute Gasteiger partial charge is 0.464 e. The van der Waals surface area contributed by atoms with Crippen LogP contribution in [0.2, 0.25) is 0 Å². The van der Waals surface area contributed by atoms with Crippen molar-refractivity contribution in [2.75, 3.05) is 12.4 Å². The predicted octanol–water partition coefficient (Wildman–Crippen LogP) is 5.94. The third-order valence-electron chi connectivity index (χ3n) is 4.23. The Morgan fingerprint density at radius 2 is 1.55 bits per heavy atom. The standard InChI is InChI=1S/C19H25NO2.CH2Cl2.CHF3O3S/c1-14-13-20(19(2,3)4)17(18(21)22-5)16(14)12-11-15-9-7-6-8-10-15;2-1-3;2-1(3,4)8(5,6)7/h6-10,13H,11-12H2,1-5H3;1H2;(H,5,6,7). The Kier molecular flexibility index (Phi) is 12.5. The number of hydrogen-bond acceptors (Lipinski definition) is 4. The van der Waals surface area contributed by atoms with Gasteiger partial charge in [0.1, 0.15) is 5.69 Å². The van der Waals surface area contributed by atoms with Gasteiger partial charge in [-0.3, -0.25) is 4.55 Å². The lowest BCUT2D eigenvalue weighted by atomic mass is 10.0. The van der Waals surface area contributed by atoms with Gasteiger partial charge in [-0.15, -0.1) is 23.2 Å². The molecule has 2 rings (SSSR count). The number of hydrogen-bond donors (Lipinski definition) is 1. The minimum Gasteiger partial charge on any atom is -0.464 e. The Morgan fingerprint density at radius 1 is 1.09 bits per heavy atom. The molecule has 0 saturated heterocycles.